The van der Waals surface area contributed by atoms with Gasteiger partial charge < -0.3 is 11.1 Å². The monoisotopic (exact) mass is 261 g/mol. The molecule has 1 atom stereocenters. The number of imidazole rings is 1. The molecule has 1 aliphatic rings. The molecular weight excluding hydrogens is 240 g/mol. The summed E-state index contributed by atoms with van der Waals surface area (Å²) >= 11 is 0. The van der Waals surface area contributed by atoms with Gasteiger partial charge in [0.05, 0.1) is 32.2 Å². The summed E-state index contributed by atoms with van der Waals surface area (Å²) in [5.41, 5.74) is 6.36. The highest BCUT2D eigenvalue weighted by Crippen LogP contribution is 2.14. The molecule has 0 spiro atoms. The van der Waals surface area contributed by atoms with Crippen molar-refractivity contribution in [3.63, 3.8) is 0 Å². The van der Waals surface area contributed by atoms with Crippen LogP contribution in [0.1, 0.15) is 6.42 Å². The van der Waals surface area contributed by atoms with Crippen LogP contribution in [0.2, 0.25) is 0 Å². The predicted molar refractivity (Wildman–Crippen MR) is 73.8 cm³/mol. The third-order valence-corrected chi connectivity index (χ3v) is 3.03. The molecule has 0 saturated carbocycles. The molecule has 0 amide bonds. The lowest BCUT2D eigenvalue weighted by Crippen LogP contribution is -2.32. The third kappa shape index (κ3) is 3.59. The van der Waals surface area contributed by atoms with Crippen molar-refractivity contribution in [2.45, 2.75) is 12.5 Å². The summed E-state index contributed by atoms with van der Waals surface area (Å²) in [6.07, 6.45) is 11.0. The topological polar surface area (TPSA) is 71.6 Å². The van der Waals surface area contributed by atoms with Crippen LogP contribution in [0, 0.1) is 0 Å². The van der Waals surface area contributed by atoms with E-state index in [2.05, 4.69) is 27.7 Å². The summed E-state index contributed by atoms with van der Waals surface area (Å²) in [5.74, 6) is 0.817. The Labute approximate surface area is 113 Å². The van der Waals surface area contributed by atoms with Gasteiger partial charge in [-0.3, -0.25) is 0 Å². The number of hydrogen-bond donors (Lipinski definition) is 2. The highest BCUT2D eigenvalue weighted by atomic mass is 15.3. The molecule has 6 nitrogen and oxygen atoms in total. The summed E-state index contributed by atoms with van der Waals surface area (Å²) in [5, 5.41) is 11.9. The maximum atomic E-state index is 5.46. The zero-order valence-corrected chi connectivity index (χ0v) is 11.5. The lowest BCUT2D eigenvalue weighted by Gasteiger charge is -2.14. The van der Waals surface area contributed by atoms with Crippen molar-refractivity contribution in [3.8, 4) is 0 Å². The van der Waals surface area contributed by atoms with Gasteiger partial charge in [0.2, 0.25) is 0 Å². The van der Waals surface area contributed by atoms with Crippen LogP contribution < -0.4 is 15.6 Å². The largest absolute Gasteiger partial charge is 0.421 e. The molecule has 102 valence electrons. The molecule has 1 unspecified atom stereocenters. The molecule has 0 fully saturated rings. The molecule has 2 rings (SSSR count). The van der Waals surface area contributed by atoms with E-state index >= 15 is 0 Å². The van der Waals surface area contributed by atoms with Crippen molar-refractivity contribution in [1.82, 2.24) is 9.88 Å². The Morgan fingerprint density at radius 3 is 2.95 bits per heavy atom. The second-order valence-corrected chi connectivity index (χ2v) is 4.59. The van der Waals surface area contributed by atoms with Gasteiger partial charge in [0, 0.05) is 24.2 Å². The van der Waals surface area contributed by atoms with E-state index in [0.29, 0.717) is 12.6 Å². The minimum absolute atomic E-state index is 0.355. The number of nitrogens with zero attached hydrogens (tertiary/aromatic N) is 4. The minimum Gasteiger partial charge on any atom is -0.329 e. The Morgan fingerprint density at radius 1 is 1.53 bits per heavy atom. The van der Waals surface area contributed by atoms with Crippen LogP contribution in [0.4, 0.5) is 5.95 Å². The molecule has 1 aromatic rings. The normalized spacial score (nSPS) is 19.1. The standard InChI is InChI=1S/C13H21N6/c1-18-9-10-19(2)13(18)17-16-12-5-3-11(4-6-12)15-8-7-14/h3,5-6,9-11,15H,4,7-8,14H2,1-2H3/q+1. The van der Waals surface area contributed by atoms with Crippen LogP contribution >= 0.6 is 0 Å². The highest BCUT2D eigenvalue weighted by molar-refractivity contribution is 5.24. The molecule has 1 aromatic heterocycles. The van der Waals surface area contributed by atoms with Gasteiger partial charge in [-0.15, -0.1) is 0 Å². The fraction of sp³-hybridized carbons (Fsp3) is 0.462. The SMILES string of the molecule is Cn1cc[n+](C)c1N=NC1=CCC(NCCN)C=C1. The Morgan fingerprint density at radius 2 is 2.37 bits per heavy atom. The molecule has 1 aliphatic carbocycles. The molecule has 0 radical (unpaired) electrons. The molecule has 0 aliphatic heterocycles. The van der Waals surface area contributed by atoms with Crippen molar-refractivity contribution in [2.75, 3.05) is 13.1 Å². The first kappa shape index (κ1) is 13.6. The Hall–Kier alpha value is -1.79. The van der Waals surface area contributed by atoms with Gasteiger partial charge in [-0.1, -0.05) is 17.3 Å². The lowest BCUT2D eigenvalue weighted by atomic mass is 10.1. The first-order valence-corrected chi connectivity index (χ1v) is 6.45. The van der Waals surface area contributed by atoms with Crippen molar-refractivity contribution in [2.24, 2.45) is 30.1 Å². The van der Waals surface area contributed by atoms with Gasteiger partial charge in [-0.05, 0) is 12.5 Å². The van der Waals surface area contributed by atoms with Crippen LogP contribution in [0.25, 0.3) is 0 Å². The van der Waals surface area contributed by atoms with Crippen LogP contribution in [-0.2, 0) is 14.1 Å². The molecule has 6 heteroatoms. The molecule has 1 heterocycles. The van der Waals surface area contributed by atoms with Crippen molar-refractivity contribution < 1.29 is 4.57 Å². The van der Waals surface area contributed by atoms with Gasteiger partial charge in [-0.2, -0.15) is 0 Å². The smallest absolute Gasteiger partial charge is 0.329 e. The number of allylic oxidation sites excluding steroid dienone is 1. The zero-order chi connectivity index (χ0) is 13.7. The average molecular weight is 261 g/mol. The molecule has 3 N–H and O–H groups in total. The zero-order valence-electron chi connectivity index (χ0n) is 11.5. The number of nitrogens with one attached hydrogen (secondary N) is 1. The van der Waals surface area contributed by atoms with E-state index in [1.807, 2.05) is 41.7 Å². The number of aromatic nitrogens is 2. The van der Waals surface area contributed by atoms with Gasteiger partial charge in [0.25, 0.3) is 0 Å². The second kappa shape index (κ2) is 6.40. The maximum absolute atomic E-state index is 5.46. The quantitative estimate of drug-likeness (QED) is 0.605. The molecule has 0 saturated heterocycles. The van der Waals surface area contributed by atoms with Gasteiger partial charge in [0.15, 0.2) is 0 Å². The summed E-state index contributed by atoms with van der Waals surface area (Å²) in [7, 11) is 3.90. The Kier molecular flexibility index (Phi) is 4.59. The summed E-state index contributed by atoms with van der Waals surface area (Å²) < 4.78 is 3.87. The summed E-state index contributed by atoms with van der Waals surface area (Å²) in [4.78, 5) is 0. The van der Waals surface area contributed by atoms with E-state index in [4.69, 9.17) is 5.73 Å². The molecule has 0 aromatic carbocycles. The second-order valence-electron chi connectivity index (χ2n) is 4.59. The fourth-order valence-corrected chi connectivity index (χ4v) is 1.93. The fourth-order valence-electron chi connectivity index (χ4n) is 1.93. The summed E-state index contributed by atoms with van der Waals surface area (Å²) in [6, 6.07) is 0.355. The van der Waals surface area contributed by atoms with E-state index in [9.17, 15) is 0 Å². The Bertz CT molecular complexity index is 492. The lowest BCUT2D eigenvalue weighted by molar-refractivity contribution is -0.657. The van der Waals surface area contributed by atoms with E-state index in [0.717, 1.165) is 24.6 Å². The maximum Gasteiger partial charge on any atom is 0.421 e. The minimum atomic E-state index is 0.355. The Balaban J connectivity index is 1.95. The first-order valence-electron chi connectivity index (χ1n) is 6.45. The average Bonchev–Trinajstić information content (AvgIpc) is 2.75. The molecular formula is C13H21N6+. The number of aryl methyl sites for hydroxylation is 2. The first-order chi connectivity index (χ1) is 9.20. The predicted octanol–water partition coefficient (Wildman–Crippen LogP) is 0.694. The highest BCUT2D eigenvalue weighted by Gasteiger charge is 2.12. The number of hydrogen-bond acceptors (Lipinski definition) is 4. The number of azo groups is 1. The van der Waals surface area contributed by atoms with Crippen LogP contribution in [0.15, 0.2) is 46.5 Å². The van der Waals surface area contributed by atoms with E-state index in [-0.39, 0.29) is 0 Å². The molecule has 0 bridgehead atoms. The number of nitrogens with two attached hydrogens (primary N) is 1. The van der Waals surface area contributed by atoms with Gasteiger partial charge in [-0.25, -0.2) is 9.13 Å². The van der Waals surface area contributed by atoms with E-state index in [1.165, 1.54) is 0 Å². The van der Waals surface area contributed by atoms with Crippen molar-refractivity contribution >= 4 is 5.95 Å². The van der Waals surface area contributed by atoms with Crippen molar-refractivity contribution in [3.05, 3.63) is 36.3 Å². The molecule has 19 heavy (non-hydrogen) atoms. The van der Waals surface area contributed by atoms with E-state index < -0.39 is 0 Å². The van der Waals surface area contributed by atoms with Crippen LogP contribution in [0.5, 0.6) is 0 Å². The van der Waals surface area contributed by atoms with Gasteiger partial charge >= 0.3 is 5.95 Å². The summed E-state index contributed by atoms with van der Waals surface area (Å²) in [6.45, 7) is 1.49. The number of rotatable bonds is 5. The van der Waals surface area contributed by atoms with Crippen LogP contribution in [-0.4, -0.2) is 23.7 Å². The third-order valence-electron chi connectivity index (χ3n) is 3.03. The van der Waals surface area contributed by atoms with E-state index in [1.54, 1.807) is 0 Å². The van der Waals surface area contributed by atoms with Crippen LogP contribution in [0.3, 0.4) is 0 Å². The van der Waals surface area contributed by atoms with Crippen molar-refractivity contribution in [1.29, 1.82) is 0 Å². The van der Waals surface area contributed by atoms with Gasteiger partial charge in [0.1, 0.15) is 0 Å².